The van der Waals surface area contributed by atoms with Crippen molar-refractivity contribution >= 4 is 5.91 Å². The van der Waals surface area contributed by atoms with Crippen LogP contribution in [-0.4, -0.2) is 34.6 Å². The molecule has 0 unspecified atom stereocenters. The minimum absolute atomic E-state index is 0.141. The summed E-state index contributed by atoms with van der Waals surface area (Å²) in [6, 6.07) is 0. The van der Waals surface area contributed by atoms with Gasteiger partial charge in [0.25, 0.3) is 0 Å². The average Bonchev–Trinajstić information content (AvgIpc) is 2.09. The fraction of sp³-hybridized carbons (Fsp3) is 0.923. The summed E-state index contributed by atoms with van der Waals surface area (Å²) < 4.78 is 0. The molecule has 0 aliphatic carbocycles. The van der Waals surface area contributed by atoms with E-state index in [4.69, 9.17) is 0 Å². The van der Waals surface area contributed by atoms with Crippen LogP contribution in [0.3, 0.4) is 0 Å². The molecule has 1 fully saturated rings. The molecule has 0 saturated carbocycles. The second kappa shape index (κ2) is 5.17. The number of rotatable bonds is 5. The molecule has 16 heavy (non-hydrogen) atoms. The first-order valence-corrected chi connectivity index (χ1v) is 6.37. The highest BCUT2D eigenvalue weighted by atomic mass is 16.3. The first kappa shape index (κ1) is 13.5. The number of likely N-dealkylation sites (tertiary alicyclic amines) is 1. The van der Waals surface area contributed by atoms with E-state index in [2.05, 4.69) is 6.92 Å². The highest BCUT2D eigenvalue weighted by molar-refractivity contribution is 5.79. The summed E-state index contributed by atoms with van der Waals surface area (Å²) in [5.41, 5.74) is -0.649. The molecule has 94 valence electrons. The summed E-state index contributed by atoms with van der Waals surface area (Å²) in [5, 5.41) is 9.78. The zero-order valence-electron chi connectivity index (χ0n) is 11.0. The van der Waals surface area contributed by atoms with Crippen molar-refractivity contribution in [1.29, 1.82) is 0 Å². The minimum atomic E-state index is -0.649. The van der Waals surface area contributed by atoms with Crippen LogP contribution in [0, 0.1) is 11.8 Å². The van der Waals surface area contributed by atoms with Gasteiger partial charge in [-0.1, -0.05) is 26.7 Å². The van der Waals surface area contributed by atoms with E-state index < -0.39 is 5.60 Å². The Morgan fingerprint density at radius 1 is 1.50 bits per heavy atom. The maximum atomic E-state index is 11.9. The number of amides is 1. The lowest BCUT2D eigenvalue weighted by Crippen LogP contribution is -2.58. The summed E-state index contributed by atoms with van der Waals surface area (Å²) in [5.74, 6) is 0.645. The van der Waals surface area contributed by atoms with Gasteiger partial charge in [-0.2, -0.15) is 0 Å². The fourth-order valence-electron chi connectivity index (χ4n) is 2.05. The summed E-state index contributed by atoms with van der Waals surface area (Å²) in [7, 11) is 0. The number of unbranched alkanes of at least 4 members (excludes halogenated alkanes) is 1. The van der Waals surface area contributed by atoms with Crippen LogP contribution in [0.5, 0.6) is 0 Å². The molecule has 0 bridgehead atoms. The lowest BCUT2D eigenvalue weighted by atomic mass is 9.83. The topological polar surface area (TPSA) is 40.5 Å². The number of carbonyl (C=O) groups excluding carboxylic acids is 1. The molecule has 1 heterocycles. The molecule has 1 rings (SSSR count). The maximum absolute atomic E-state index is 11.9. The predicted octanol–water partition coefficient (Wildman–Crippen LogP) is 2.04. The Hall–Kier alpha value is -0.570. The van der Waals surface area contributed by atoms with Crippen LogP contribution in [-0.2, 0) is 4.79 Å². The smallest absolute Gasteiger partial charge is 0.225 e. The molecule has 1 saturated heterocycles. The average molecular weight is 227 g/mol. The first-order chi connectivity index (χ1) is 7.36. The summed E-state index contributed by atoms with van der Waals surface area (Å²) in [4.78, 5) is 13.8. The number of carbonyl (C=O) groups is 1. The Morgan fingerprint density at radius 2 is 2.06 bits per heavy atom. The number of hydrogen-bond donors (Lipinski definition) is 1. The number of hydrogen-bond acceptors (Lipinski definition) is 2. The van der Waals surface area contributed by atoms with Gasteiger partial charge in [-0.05, 0) is 20.3 Å². The van der Waals surface area contributed by atoms with Gasteiger partial charge in [0.15, 0.2) is 0 Å². The third-order valence-corrected chi connectivity index (χ3v) is 3.60. The molecule has 1 aliphatic heterocycles. The first-order valence-electron chi connectivity index (χ1n) is 6.37. The van der Waals surface area contributed by atoms with Crippen molar-refractivity contribution in [3.8, 4) is 0 Å². The summed E-state index contributed by atoms with van der Waals surface area (Å²) in [6.45, 7) is 9.23. The third-order valence-electron chi connectivity index (χ3n) is 3.60. The van der Waals surface area contributed by atoms with Gasteiger partial charge in [-0.3, -0.25) is 4.79 Å². The monoisotopic (exact) mass is 227 g/mol. The van der Waals surface area contributed by atoms with Crippen LogP contribution < -0.4 is 0 Å². The van der Waals surface area contributed by atoms with Crippen LogP contribution in [0.1, 0.15) is 47.0 Å². The second-order valence-electron chi connectivity index (χ2n) is 5.64. The molecule has 0 spiro atoms. The third kappa shape index (κ3) is 3.21. The van der Waals surface area contributed by atoms with Crippen molar-refractivity contribution < 1.29 is 9.90 Å². The second-order valence-corrected chi connectivity index (χ2v) is 5.64. The van der Waals surface area contributed by atoms with Crippen LogP contribution in [0.25, 0.3) is 0 Å². The lowest BCUT2D eigenvalue weighted by molar-refractivity contribution is -0.148. The fourth-order valence-corrected chi connectivity index (χ4v) is 2.05. The van der Waals surface area contributed by atoms with Crippen LogP contribution >= 0.6 is 0 Å². The highest BCUT2D eigenvalue weighted by Gasteiger charge is 2.40. The Bertz CT molecular complexity index is 239. The Labute approximate surface area is 98.8 Å². The van der Waals surface area contributed by atoms with Crippen molar-refractivity contribution in [3.05, 3.63) is 0 Å². The quantitative estimate of drug-likeness (QED) is 0.781. The number of aliphatic hydroxyl groups is 1. The zero-order valence-corrected chi connectivity index (χ0v) is 11.0. The maximum Gasteiger partial charge on any atom is 0.225 e. The molecule has 0 aromatic heterocycles. The van der Waals surface area contributed by atoms with Gasteiger partial charge < -0.3 is 10.0 Å². The van der Waals surface area contributed by atoms with E-state index in [0.717, 1.165) is 32.4 Å². The highest BCUT2D eigenvalue weighted by Crippen LogP contribution is 2.28. The molecule has 1 aliphatic rings. The molecule has 1 N–H and O–H groups in total. The van der Waals surface area contributed by atoms with Crippen LogP contribution in [0.4, 0.5) is 0 Å². The van der Waals surface area contributed by atoms with Gasteiger partial charge >= 0.3 is 0 Å². The van der Waals surface area contributed by atoms with Crippen LogP contribution in [0.2, 0.25) is 0 Å². The normalized spacial score (nSPS) is 19.4. The van der Waals surface area contributed by atoms with Crippen molar-refractivity contribution in [3.63, 3.8) is 0 Å². The zero-order chi connectivity index (χ0) is 12.3. The molecule has 1 amide bonds. The minimum Gasteiger partial charge on any atom is -0.390 e. The van der Waals surface area contributed by atoms with Gasteiger partial charge in [0.1, 0.15) is 0 Å². The molecule has 0 aromatic carbocycles. The molecule has 0 aromatic rings. The molecule has 3 nitrogen and oxygen atoms in total. The molecule has 3 heteroatoms. The van der Waals surface area contributed by atoms with Crippen molar-refractivity contribution in [2.75, 3.05) is 13.1 Å². The van der Waals surface area contributed by atoms with E-state index in [1.165, 1.54) is 0 Å². The summed E-state index contributed by atoms with van der Waals surface area (Å²) in [6.07, 6.45) is 3.25. The van der Waals surface area contributed by atoms with Crippen molar-refractivity contribution in [2.24, 2.45) is 11.8 Å². The molecule has 1 atom stereocenters. The van der Waals surface area contributed by atoms with Crippen molar-refractivity contribution in [2.45, 2.75) is 52.6 Å². The van der Waals surface area contributed by atoms with Gasteiger partial charge in [-0.15, -0.1) is 0 Å². The predicted molar refractivity (Wildman–Crippen MR) is 65.1 cm³/mol. The van der Waals surface area contributed by atoms with Gasteiger partial charge in [0.2, 0.25) is 5.91 Å². The lowest BCUT2D eigenvalue weighted by Gasteiger charge is -2.46. The largest absolute Gasteiger partial charge is 0.390 e. The van der Waals surface area contributed by atoms with E-state index in [1.807, 2.05) is 25.7 Å². The standard InChI is InChI=1S/C13H25NO2/c1-5-6-7-10(2)12(15)14-8-11(9-14)13(3,4)16/h10-11,16H,5-9H2,1-4H3/t10-/m0/s1. The van der Waals surface area contributed by atoms with Gasteiger partial charge in [0.05, 0.1) is 5.60 Å². The van der Waals surface area contributed by atoms with Crippen LogP contribution in [0.15, 0.2) is 0 Å². The van der Waals surface area contributed by atoms with Gasteiger partial charge in [0, 0.05) is 24.9 Å². The van der Waals surface area contributed by atoms with E-state index in [1.54, 1.807) is 0 Å². The Balaban J connectivity index is 2.31. The molecular formula is C13H25NO2. The number of nitrogens with zero attached hydrogens (tertiary/aromatic N) is 1. The van der Waals surface area contributed by atoms with E-state index >= 15 is 0 Å². The Kier molecular flexibility index (Phi) is 4.36. The molecule has 0 radical (unpaired) electrons. The van der Waals surface area contributed by atoms with E-state index in [0.29, 0.717) is 0 Å². The molecular weight excluding hydrogens is 202 g/mol. The summed E-state index contributed by atoms with van der Waals surface area (Å²) >= 11 is 0. The Morgan fingerprint density at radius 3 is 2.50 bits per heavy atom. The SMILES string of the molecule is CCCC[C@H](C)C(=O)N1CC(C(C)(C)O)C1. The van der Waals surface area contributed by atoms with Crippen molar-refractivity contribution in [1.82, 2.24) is 4.90 Å². The van der Waals surface area contributed by atoms with Gasteiger partial charge in [-0.25, -0.2) is 0 Å². The van der Waals surface area contributed by atoms with E-state index in [-0.39, 0.29) is 17.7 Å². The van der Waals surface area contributed by atoms with E-state index in [9.17, 15) is 9.90 Å².